The molecule has 0 unspecified atom stereocenters. The fraction of sp³-hybridized carbons (Fsp3) is 0.250. The van der Waals surface area contributed by atoms with Crippen LogP contribution in [0.4, 0.5) is 23.2 Å². The summed E-state index contributed by atoms with van der Waals surface area (Å²) in [5.74, 6) is -1.76. The molecule has 0 atom stereocenters. The summed E-state index contributed by atoms with van der Waals surface area (Å²) in [6.07, 6.45) is -4.91. The first-order chi connectivity index (χ1) is 6.83. The molecular weight excluding hydrogens is 216 g/mol. The second-order valence-corrected chi connectivity index (χ2v) is 2.74. The van der Waals surface area contributed by atoms with Gasteiger partial charge in [-0.15, -0.1) is 13.2 Å². The van der Waals surface area contributed by atoms with Crippen LogP contribution in [0, 0.1) is 5.82 Å². The van der Waals surface area contributed by atoms with Gasteiger partial charge in [0.1, 0.15) is 11.5 Å². The first-order valence-corrected chi connectivity index (χ1v) is 3.87. The lowest BCUT2D eigenvalue weighted by Gasteiger charge is -2.12. The maximum atomic E-state index is 13.0. The van der Waals surface area contributed by atoms with Crippen molar-refractivity contribution >= 4 is 5.69 Å². The molecule has 0 spiro atoms. The minimum Gasteiger partial charge on any atom is -0.403 e. The number of ether oxygens (including phenoxy) is 1. The lowest BCUT2D eigenvalue weighted by molar-refractivity contribution is -0.274. The van der Waals surface area contributed by atoms with Gasteiger partial charge in [0.2, 0.25) is 0 Å². The van der Waals surface area contributed by atoms with Crippen molar-refractivity contribution in [1.82, 2.24) is 0 Å². The molecule has 0 aliphatic heterocycles. The van der Waals surface area contributed by atoms with E-state index in [4.69, 9.17) is 11.5 Å². The van der Waals surface area contributed by atoms with Gasteiger partial charge >= 0.3 is 6.36 Å². The Balaban J connectivity index is 3.11. The molecule has 1 aromatic carbocycles. The topological polar surface area (TPSA) is 61.3 Å². The fourth-order valence-electron chi connectivity index (χ4n) is 0.973. The summed E-state index contributed by atoms with van der Waals surface area (Å²) < 4.78 is 52.1. The van der Waals surface area contributed by atoms with E-state index in [-0.39, 0.29) is 12.1 Å². The number of hydrogen-bond donors (Lipinski definition) is 2. The van der Waals surface area contributed by atoms with Crippen molar-refractivity contribution < 1.29 is 22.3 Å². The molecule has 0 saturated heterocycles. The zero-order chi connectivity index (χ0) is 11.6. The van der Waals surface area contributed by atoms with E-state index in [2.05, 4.69) is 4.74 Å². The van der Waals surface area contributed by atoms with E-state index in [0.29, 0.717) is 0 Å². The van der Waals surface area contributed by atoms with Crippen molar-refractivity contribution in [3.05, 3.63) is 23.5 Å². The molecule has 4 N–H and O–H groups in total. The van der Waals surface area contributed by atoms with E-state index < -0.39 is 23.6 Å². The SMILES string of the molecule is NCc1cc(F)c(N)c(OC(F)(F)F)c1. The van der Waals surface area contributed by atoms with Gasteiger partial charge in [0, 0.05) is 6.54 Å². The first kappa shape index (κ1) is 11.6. The largest absolute Gasteiger partial charge is 0.573 e. The summed E-state index contributed by atoms with van der Waals surface area (Å²) >= 11 is 0. The standard InChI is InChI=1S/C8H8F4N2O/c9-5-1-4(3-13)2-6(7(5)14)15-8(10,11)12/h1-2H,3,13-14H2. The van der Waals surface area contributed by atoms with Crippen molar-refractivity contribution in [3.63, 3.8) is 0 Å². The third kappa shape index (κ3) is 2.98. The van der Waals surface area contributed by atoms with Crippen molar-refractivity contribution in [2.45, 2.75) is 12.9 Å². The smallest absolute Gasteiger partial charge is 0.403 e. The van der Waals surface area contributed by atoms with E-state index in [1.165, 1.54) is 0 Å². The van der Waals surface area contributed by atoms with Crippen LogP contribution < -0.4 is 16.2 Å². The molecule has 15 heavy (non-hydrogen) atoms. The van der Waals surface area contributed by atoms with Crippen molar-refractivity contribution in [3.8, 4) is 5.75 Å². The molecule has 1 rings (SSSR count). The Labute approximate surface area is 82.6 Å². The van der Waals surface area contributed by atoms with Crippen LogP contribution in [0.2, 0.25) is 0 Å². The molecule has 84 valence electrons. The van der Waals surface area contributed by atoms with Gasteiger partial charge in [-0.3, -0.25) is 0 Å². The molecule has 0 fully saturated rings. The third-order valence-corrected chi connectivity index (χ3v) is 1.61. The maximum absolute atomic E-state index is 13.0. The minimum atomic E-state index is -4.91. The van der Waals surface area contributed by atoms with Crippen LogP contribution in [0.3, 0.4) is 0 Å². The third-order valence-electron chi connectivity index (χ3n) is 1.61. The van der Waals surface area contributed by atoms with Crippen LogP contribution in [0.5, 0.6) is 5.75 Å². The van der Waals surface area contributed by atoms with Gasteiger partial charge in [0.05, 0.1) is 0 Å². The molecule has 3 nitrogen and oxygen atoms in total. The van der Waals surface area contributed by atoms with E-state index >= 15 is 0 Å². The number of nitrogen functional groups attached to an aromatic ring is 1. The number of hydrogen-bond acceptors (Lipinski definition) is 3. The molecular formula is C8H8F4N2O. The predicted octanol–water partition coefficient (Wildman–Crippen LogP) is 1.77. The van der Waals surface area contributed by atoms with Gasteiger partial charge in [0.25, 0.3) is 0 Å². The molecule has 0 aliphatic rings. The van der Waals surface area contributed by atoms with E-state index in [9.17, 15) is 17.6 Å². The summed E-state index contributed by atoms with van der Waals surface area (Å²) in [6.45, 7) is -0.106. The average molecular weight is 224 g/mol. The van der Waals surface area contributed by atoms with Gasteiger partial charge in [0.15, 0.2) is 5.75 Å². The Bertz CT molecular complexity index is 364. The summed E-state index contributed by atoms with van der Waals surface area (Å²) in [7, 11) is 0. The maximum Gasteiger partial charge on any atom is 0.573 e. The summed E-state index contributed by atoms with van der Waals surface area (Å²) in [5.41, 5.74) is 9.71. The Morgan fingerprint density at radius 3 is 2.33 bits per heavy atom. The number of rotatable bonds is 2. The Hall–Kier alpha value is -1.50. The highest BCUT2D eigenvalue weighted by Crippen LogP contribution is 2.31. The summed E-state index contributed by atoms with van der Waals surface area (Å²) in [6, 6.07) is 1.91. The molecule has 0 saturated carbocycles. The predicted molar refractivity (Wildman–Crippen MR) is 45.4 cm³/mol. The second kappa shape index (κ2) is 3.93. The number of nitrogens with two attached hydrogens (primary N) is 2. The molecule has 1 aromatic rings. The van der Waals surface area contributed by atoms with Crippen LogP contribution in [-0.4, -0.2) is 6.36 Å². The van der Waals surface area contributed by atoms with Crippen molar-refractivity contribution in [2.75, 3.05) is 5.73 Å². The second-order valence-electron chi connectivity index (χ2n) is 2.74. The van der Waals surface area contributed by atoms with Crippen LogP contribution in [0.1, 0.15) is 5.56 Å². The van der Waals surface area contributed by atoms with Gasteiger partial charge in [-0.05, 0) is 17.7 Å². The Kier molecular flexibility index (Phi) is 3.04. The highest BCUT2D eigenvalue weighted by molar-refractivity contribution is 5.55. The van der Waals surface area contributed by atoms with Gasteiger partial charge in [-0.25, -0.2) is 4.39 Å². The van der Waals surface area contributed by atoms with Gasteiger partial charge in [-0.1, -0.05) is 0 Å². The number of anilines is 1. The quantitative estimate of drug-likeness (QED) is 0.594. The number of halogens is 4. The number of alkyl halides is 3. The van der Waals surface area contributed by atoms with Crippen LogP contribution in [-0.2, 0) is 6.54 Å². The normalized spacial score (nSPS) is 11.5. The molecule has 0 heterocycles. The van der Waals surface area contributed by atoms with Crippen LogP contribution in [0.15, 0.2) is 12.1 Å². The minimum absolute atomic E-state index is 0.106. The highest BCUT2D eigenvalue weighted by Gasteiger charge is 2.32. The molecule has 7 heteroatoms. The Morgan fingerprint density at radius 1 is 1.27 bits per heavy atom. The van der Waals surface area contributed by atoms with E-state index in [1.54, 1.807) is 0 Å². The first-order valence-electron chi connectivity index (χ1n) is 3.87. The van der Waals surface area contributed by atoms with Gasteiger partial charge in [-0.2, -0.15) is 0 Å². The van der Waals surface area contributed by atoms with Crippen LogP contribution >= 0.6 is 0 Å². The average Bonchev–Trinajstić information content (AvgIpc) is 2.10. The van der Waals surface area contributed by atoms with Gasteiger partial charge < -0.3 is 16.2 Å². The monoisotopic (exact) mass is 224 g/mol. The van der Waals surface area contributed by atoms with Crippen molar-refractivity contribution in [2.24, 2.45) is 5.73 Å². The molecule has 0 bridgehead atoms. The molecule has 0 amide bonds. The number of benzene rings is 1. The lowest BCUT2D eigenvalue weighted by Crippen LogP contribution is -2.18. The zero-order valence-electron chi connectivity index (χ0n) is 7.44. The molecule has 0 aromatic heterocycles. The Morgan fingerprint density at radius 2 is 1.87 bits per heavy atom. The highest BCUT2D eigenvalue weighted by atomic mass is 19.4. The van der Waals surface area contributed by atoms with Crippen LogP contribution in [0.25, 0.3) is 0 Å². The molecule has 0 radical (unpaired) electrons. The lowest BCUT2D eigenvalue weighted by atomic mass is 10.2. The molecule has 0 aliphatic carbocycles. The van der Waals surface area contributed by atoms with E-state index in [1.807, 2.05) is 0 Å². The fourth-order valence-corrected chi connectivity index (χ4v) is 0.973. The summed E-state index contributed by atoms with van der Waals surface area (Å²) in [5, 5.41) is 0. The van der Waals surface area contributed by atoms with E-state index in [0.717, 1.165) is 12.1 Å². The zero-order valence-corrected chi connectivity index (χ0v) is 7.44. The summed E-state index contributed by atoms with van der Waals surface area (Å²) in [4.78, 5) is 0. The van der Waals surface area contributed by atoms with Crippen molar-refractivity contribution in [1.29, 1.82) is 0 Å².